The Bertz CT molecular complexity index is 1250. The molecule has 0 aliphatic heterocycles. The van der Waals surface area contributed by atoms with Gasteiger partial charge in [0.05, 0.1) is 11.8 Å². The van der Waals surface area contributed by atoms with Crippen molar-refractivity contribution in [2.24, 2.45) is 0 Å². The molecule has 0 unspecified atom stereocenters. The number of methoxy groups -OCH3 is 1. The molecule has 0 amide bonds. The van der Waals surface area contributed by atoms with E-state index in [9.17, 15) is 9.59 Å². The van der Waals surface area contributed by atoms with Gasteiger partial charge >= 0.3 is 10.9 Å². The second kappa shape index (κ2) is 9.06. The molecular formula is C24H20O6S. The van der Waals surface area contributed by atoms with E-state index in [0.717, 1.165) is 23.3 Å². The second-order valence-electron chi connectivity index (χ2n) is 6.74. The molecule has 0 bridgehead atoms. The Kier molecular flexibility index (Phi) is 6.04. The van der Waals surface area contributed by atoms with Crippen molar-refractivity contribution in [3.63, 3.8) is 0 Å². The summed E-state index contributed by atoms with van der Waals surface area (Å²) in [6.07, 6.45) is 0.932. The molecule has 4 aromatic rings. The van der Waals surface area contributed by atoms with Crippen molar-refractivity contribution >= 4 is 27.6 Å². The molecule has 0 radical (unpaired) electrons. The molecule has 6 nitrogen and oxygen atoms in total. The molecule has 7 heteroatoms. The molecule has 31 heavy (non-hydrogen) atoms. The van der Waals surface area contributed by atoms with Crippen molar-refractivity contribution in [3.05, 3.63) is 76.0 Å². The Balaban J connectivity index is 1.55. The van der Waals surface area contributed by atoms with Crippen molar-refractivity contribution in [1.29, 1.82) is 0 Å². The summed E-state index contributed by atoms with van der Waals surface area (Å²) in [6.45, 7) is 1.84. The summed E-state index contributed by atoms with van der Waals surface area (Å²) < 4.78 is 22.1. The van der Waals surface area contributed by atoms with E-state index in [1.807, 2.05) is 48.5 Å². The fraction of sp³-hybridized carbons (Fsp3) is 0.167. The number of benzene rings is 3. The molecule has 1 aromatic heterocycles. The second-order valence-corrected chi connectivity index (χ2v) is 7.72. The smallest absolute Gasteiger partial charge is 0.396 e. The topological polar surface area (TPSA) is 75.0 Å². The molecule has 4 rings (SSSR count). The maximum Gasteiger partial charge on any atom is 0.396 e. The Morgan fingerprint density at radius 3 is 2.35 bits per heavy atom. The van der Waals surface area contributed by atoms with Crippen LogP contribution in [0.4, 0.5) is 0 Å². The number of carbonyl (C=O) groups excluding carboxylic acids is 1. The minimum Gasteiger partial charge on any atom is -0.497 e. The van der Waals surface area contributed by atoms with Gasteiger partial charge in [0, 0.05) is 11.6 Å². The average Bonchev–Trinajstić information content (AvgIpc) is 3.17. The van der Waals surface area contributed by atoms with Gasteiger partial charge in [0.25, 0.3) is 0 Å². The fourth-order valence-corrected chi connectivity index (χ4v) is 3.84. The Morgan fingerprint density at radius 1 is 0.968 bits per heavy atom. The van der Waals surface area contributed by atoms with Gasteiger partial charge in [-0.15, -0.1) is 0 Å². The van der Waals surface area contributed by atoms with Crippen LogP contribution in [0.15, 0.2) is 69.9 Å². The highest BCUT2D eigenvalue weighted by atomic mass is 32.1. The lowest BCUT2D eigenvalue weighted by Gasteiger charge is -2.09. The lowest BCUT2D eigenvalue weighted by molar-refractivity contribution is -0.136. The number of hydrogen-bond acceptors (Lipinski definition) is 7. The number of hydrogen-bond donors (Lipinski definition) is 0. The minimum atomic E-state index is -0.546. The van der Waals surface area contributed by atoms with E-state index in [2.05, 4.69) is 6.92 Å². The Labute approximate surface area is 182 Å². The van der Waals surface area contributed by atoms with Gasteiger partial charge in [0.1, 0.15) is 17.2 Å². The summed E-state index contributed by atoms with van der Waals surface area (Å²) in [5.74, 6) is 1.07. The molecule has 1 heterocycles. The van der Waals surface area contributed by atoms with Crippen LogP contribution >= 0.6 is 11.3 Å². The zero-order valence-corrected chi connectivity index (χ0v) is 17.9. The Morgan fingerprint density at radius 2 is 1.68 bits per heavy atom. The highest BCUT2D eigenvalue weighted by Crippen LogP contribution is 2.35. The lowest BCUT2D eigenvalue weighted by Crippen LogP contribution is -2.17. The first kappa shape index (κ1) is 20.7. The van der Waals surface area contributed by atoms with Crippen LogP contribution < -0.4 is 19.1 Å². The fourth-order valence-electron chi connectivity index (χ4n) is 3.12. The number of carbonyl (C=O) groups is 1. The van der Waals surface area contributed by atoms with Crippen LogP contribution in [0.3, 0.4) is 0 Å². The van der Waals surface area contributed by atoms with E-state index in [4.69, 9.17) is 18.6 Å². The first-order valence-corrected chi connectivity index (χ1v) is 10.5. The predicted molar refractivity (Wildman–Crippen MR) is 119 cm³/mol. The molecule has 0 aliphatic rings. The molecule has 0 spiro atoms. The van der Waals surface area contributed by atoms with Crippen LogP contribution in [0.5, 0.6) is 17.2 Å². The van der Waals surface area contributed by atoms with E-state index in [0.29, 0.717) is 33.1 Å². The van der Waals surface area contributed by atoms with E-state index >= 15 is 0 Å². The third kappa shape index (κ3) is 4.78. The van der Waals surface area contributed by atoms with Gasteiger partial charge in [0.2, 0.25) is 0 Å². The van der Waals surface area contributed by atoms with E-state index in [-0.39, 0.29) is 6.61 Å². The number of esters is 1. The highest BCUT2D eigenvalue weighted by molar-refractivity contribution is 7.16. The third-order valence-electron chi connectivity index (χ3n) is 4.73. The maximum atomic E-state index is 12.3. The molecule has 0 N–H and O–H groups in total. The van der Waals surface area contributed by atoms with Gasteiger partial charge < -0.3 is 18.6 Å². The third-order valence-corrected chi connectivity index (χ3v) is 5.50. The van der Waals surface area contributed by atoms with Gasteiger partial charge in [-0.2, -0.15) is 0 Å². The summed E-state index contributed by atoms with van der Waals surface area (Å²) in [5.41, 5.74) is 3.09. The minimum absolute atomic E-state index is 0.233. The summed E-state index contributed by atoms with van der Waals surface area (Å²) in [7, 11) is 1.59. The first-order chi connectivity index (χ1) is 15.1. The summed E-state index contributed by atoms with van der Waals surface area (Å²) in [5, 5.41) is 0. The van der Waals surface area contributed by atoms with Crippen molar-refractivity contribution in [2.45, 2.75) is 13.3 Å². The van der Waals surface area contributed by atoms with Crippen LogP contribution in [0.1, 0.15) is 12.5 Å². The van der Waals surface area contributed by atoms with Gasteiger partial charge in [-0.3, -0.25) is 0 Å². The number of fused-ring (bicyclic) bond motifs is 1. The van der Waals surface area contributed by atoms with Crippen molar-refractivity contribution in [1.82, 2.24) is 0 Å². The van der Waals surface area contributed by atoms with Crippen molar-refractivity contribution in [2.75, 3.05) is 13.7 Å². The summed E-state index contributed by atoms with van der Waals surface area (Å²) in [4.78, 5) is 23.7. The molecule has 0 saturated heterocycles. The van der Waals surface area contributed by atoms with Crippen molar-refractivity contribution in [3.8, 4) is 28.4 Å². The average molecular weight is 436 g/mol. The van der Waals surface area contributed by atoms with Gasteiger partial charge in [-0.05, 0) is 47.9 Å². The molecule has 0 saturated carbocycles. The van der Waals surface area contributed by atoms with Crippen molar-refractivity contribution < 1.29 is 23.4 Å². The van der Waals surface area contributed by atoms with E-state index in [1.54, 1.807) is 19.2 Å². The molecule has 0 atom stereocenters. The monoisotopic (exact) mass is 436 g/mol. The molecule has 3 aromatic carbocycles. The van der Waals surface area contributed by atoms with E-state index < -0.39 is 10.9 Å². The lowest BCUT2D eigenvalue weighted by atomic mass is 10.0. The molecule has 0 fully saturated rings. The quantitative estimate of drug-likeness (QED) is 0.297. The summed E-state index contributed by atoms with van der Waals surface area (Å²) >= 11 is 0.954. The maximum absolute atomic E-state index is 12.3. The van der Waals surface area contributed by atoms with Gasteiger partial charge in [0.15, 0.2) is 12.2 Å². The predicted octanol–water partition coefficient (Wildman–Crippen LogP) is 5.08. The number of rotatable bonds is 7. The molecule has 0 aliphatic carbocycles. The van der Waals surface area contributed by atoms with Crippen LogP contribution in [0, 0.1) is 0 Å². The number of ether oxygens (including phenoxy) is 3. The first-order valence-electron chi connectivity index (χ1n) is 9.70. The van der Waals surface area contributed by atoms with Crippen LogP contribution in [0.25, 0.3) is 21.4 Å². The largest absolute Gasteiger partial charge is 0.497 e. The zero-order chi connectivity index (χ0) is 21.8. The molecular weight excluding hydrogens is 416 g/mol. The number of aryl methyl sites for hydroxylation is 1. The highest BCUT2D eigenvalue weighted by Gasteiger charge is 2.15. The molecule has 158 valence electrons. The van der Waals surface area contributed by atoms with Crippen LogP contribution in [0.2, 0.25) is 0 Å². The normalized spacial score (nSPS) is 10.8. The standard InChI is InChI=1S/C24H20O6S/c1-3-15-4-8-18(9-5-15)28-14-22(25)29-19-12-20(16-6-10-17(27-2)11-7-16)23-21(13-19)31-24(26)30-23/h4-13H,3,14H2,1-2H3. The van der Waals surface area contributed by atoms with Gasteiger partial charge in [-0.25, -0.2) is 9.59 Å². The van der Waals surface area contributed by atoms with Crippen LogP contribution in [-0.2, 0) is 11.2 Å². The van der Waals surface area contributed by atoms with E-state index in [1.165, 1.54) is 5.56 Å². The Hall–Kier alpha value is -3.58. The SMILES string of the molecule is CCc1ccc(OCC(=O)Oc2cc(-c3ccc(OC)cc3)c3oc(=O)sc3c2)cc1. The summed E-state index contributed by atoms with van der Waals surface area (Å²) in [6, 6.07) is 18.2. The zero-order valence-electron chi connectivity index (χ0n) is 17.0. The van der Waals surface area contributed by atoms with Gasteiger partial charge in [-0.1, -0.05) is 42.5 Å². The van der Waals surface area contributed by atoms with Crippen LogP contribution in [-0.4, -0.2) is 19.7 Å².